The van der Waals surface area contributed by atoms with Crippen LogP contribution in [0.5, 0.6) is 5.75 Å². The van der Waals surface area contributed by atoms with Gasteiger partial charge in [-0.25, -0.2) is 4.99 Å². The van der Waals surface area contributed by atoms with Crippen molar-refractivity contribution >= 4 is 17.2 Å². The summed E-state index contributed by atoms with van der Waals surface area (Å²) in [6.45, 7) is 0. The van der Waals surface area contributed by atoms with Gasteiger partial charge in [-0.15, -0.1) is 0 Å². The number of anilines is 1. The third-order valence-electron chi connectivity index (χ3n) is 5.03. The molecule has 15 heteroatoms. The molecule has 0 radical (unpaired) electrons. The van der Waals surface area contributed by atoms with Crippen molar-refractivity contribution in [3.8, 4) is 5.75 Å². The Balaban J connectivity index is 2.25. The van der Waals surface area contributed by atoms with E-state index in [9.17, 15) is 52.7 Å². The van der Waals surface area contributed by atoms with Gasteiger partial charge in [0.1, 0.15) is 11.6 Å². The number of alkyl halides is 12. The summed E-state index contributed by atoms with van der Waals surface area (Å²) in [5.74, 6) is -0.424. The van der Waals surface area contributed by atoms with Gasteiger partial charge in [-0.1, -0.05) is 0 Å². The van der Waals surface area contributed by atoms with E-state index in [0.29, 0.717) is 0 Å². The summed E-state index contributed by atoms with van der Waals surface area (Å²) in [4.78, 5) is 3.71. The molecule has 0 aliphatic rings. The molecule has 0 atom stereocenters. The summed E-state index contributed by atoms with van der Waals surface area (Å²) in [7, 11) is 1.27. The molecule has 0 amide bonds. The number of halogens is 12. The molecule has 0 saturated carbocycles. The van der Waals surface area contributed by atoms with E-state index in [2.05, 4.69) is 10.3 Å². The first-order valence-electron chi connectivity index (χ1n) is 10.4. The molecule has 0 bridgehead atoms. The summed E-state index contributed by atoms with van der Waals surface area (Å²) in [6.07, 6.45) is -20.9. The maximum Gasteiger partial charge on any atom is 0.416 e. The van der Waals surface area contributed by atoms with Gasteiger partial charge in [-0.2, -0.15) is 52.7 Å². The van der Waals surface area contributed by atoms with Crippen molar-refractivity contribution in [3.63, 3.8) is 0 Å². The highest BCUT2D eigenvalue weighted by Gasteiger charge is 2.38. The molecule has 0 aliphatic heterocycles. The number of aliphatic imine (C=N–C) groups is 1. The van der Waals surface area contributed by atoms with Crippen molar-refractivity contribution in [1.29, 1.82) is 0 Å². The topological polar surface area (TPSA) is 33.6 Å². The van der Waals surface area contributed by atoms with Gasteiger partial charge in [0.2, 0.25) is 0 Å². The number of methoxy groups -OCH3 is 1. The molecule has 3 aromatic carbocycles. The summed E-state index contributed by atoms with van der Waals surface area (Å²) in [5, 5.41) is 2.17. The minimum absolute atomic E-state index is 0.118. The zero-order valence-electron chi connectivity index (χ0n) is 19.2. The lowest BCUT2D eigenvalue weighted by Crippen LogP contribution is -2.17. The second-order valence-electron chi connectivity index (χ2n) is 7.87. The van der Waals surface area contributed by atoms with E-state index >= 15 is 0 Å². The number of nitrogens with one attached hydrogen (secondary N) is 1. The smallest absolute Gasteiger partial charge is 0.416 e. The van der Waals surface area contributed by atoms with Crippen LogP contribution in [-0.2, 0) is 24.7 Å². The number of nitrogens with zero attached hydrogens (tertiary/aromatic N) is 1. The lowest BCUT2D eigenvalue weighted by atomic mass is 10.1. The Bertz CT molecular complexity index is 1290. The molecule has 0 aromatic heterocycles. The number of ether oxygens (including phenoxy) is 1. The predicted molar refractivity (Wildman–Crippen MR) is 116 cm³/mol. The standard InChI is InChI=1S/C24H14F12N2O/c1-39-19-4-2-12(3-5-19)20(37-17-8-13(21(25,26)27)6-14(9-17)22(28,29)30)38-18-10-15(23(31,32)33)7-16(11-18)24(34,35)36/h2-11H,1H3,(H,37,38). The molecule has 1 N–H and O–H groups in total. The molecule has 0 unspecified atom stereocenters. The molecule has 0 aliphatic carbocycles. The molecule has 3 nitrogen and oxygen atoms in total. The van der Waals surface area contributed by atoms with Gasteiger partial charge in [0, 0.05) is 11.3 Å². The Kier molecular flexibility index (Phi) is 7.86. The second kappa shape index (κ2) is 10.3. The number of hydrogen-bond donors (Lipinski definition) is 1. The van der Waals surface area contributed by atoms with Gasteiger partial charge < -0.3 is 10.1 Å². The van der Waals surface area contributed by atoms with E-state index in [4.69, 9.17) is 4.74 Å². The lowest BCUT2D eigenvalue weighted by molar-refractivity contribution is -0.144. The predicted octanol–water partition coefficient (Wildman–Crippen LogP) is 8.96. The van der Waals surface area contributed by atoms with Crippen LogP contribution in [0.3, 0.4) is 0 Å². The van der Waals surface area contributed by atoms with Crippen molar-refractivity contribution < 1.29 is 57.4 Å². The third-order valence-corrected chi connectivity index (χ3v) is 5.03. The Morgan fingerprint density at radius 3 is 1.33 bits per heavy atom. The molecule has 210 valence electrons. The molecule has 0 saturated heterocycles. The van der Waals surface area contributed by atoms with E-state index in [0.717, 1.165) is 0 Å². The first kappa shape index (κ1) is 29.6. The van der Waals surface area contributed by atoms with Crippen LogP contribution >= 0.6 is 0 Å². The van der Waals surface area contributed by atoms with Crippen molar-refractivity contribution in [2.45, 2.75) is 24.7 Å². The van der Waals surface area contributed by atoms with Crippen LogP contribution in [0.15, 0.2) is 65.7 Å². The zero-order chi connectivity index (χ0) is 29.4. The van der Waals surface area contributed by atoms with Crippen LogP contribution in [0.1, 0.15) is 27.8 Å². The number of rotatable bonds is 4. The molecule has 0 heterocycles. The maximum atomic E-state index is 13.3. The molecular formula is C24H14F12N2O. The zero-order valence-corrected chi connectivity index (χ0v) is 19.2. The van der Waals surface area contributed by atoms with Gasteiger partial charge in [0.25, 0.3) is 0 Å². The van der Waals surface area contributed by atoms with Crippen LogP contribution in [0, 0.1) is 0 Å². The van der Waals surface area contributed by atoms with Gasteiger partial charge in [-0.05, 0) is 60.7 Å². The first-order chi connectivity index (χ1) is 17.8. The lowest BCUT2D eigenvalue weighted by Gasteiger charge is -2.17. The highest BCUT2D eigenvalue weighted by Crippen LogP contribution is 2.40. The normalized spacial score (nSPS) is 13.4. The Morgan fingerprint density at radius 2 is 0.974 bits per heavy atom. The van der Waals surface area contributed by atoms with Crippen LogP contribution in [0.2, 0.25) is 0 Å². The quantitative estimate of drug-likeness (QED) is 0.192. The van der Waals surface area contributed by atoms with Crippen LogP contribution in [0.25, 0.3) is 0 Å². The Morgan fingerprint density at radius 1 is 0.590 bits per heavy atom. The number of hydrogen-bond acceptors (Lipinski definition) is 2. The van der Waals surface area contributed by atoms with Gasteiger partial charge in [-0.3, -0.25) is 0 Å². The molecule has 0 fully saturated rings. The van der Waals surface area contributed by atoms with Crippen molar-refractivity contribution in [1.82, 2.24) is 0 Å². The molecular weight excluding hydrogens is 560 g/mol. The van der Waals surface area contributed by atoms with Gasteiger partial charge >= 0.3 is 24.7 Å². The summed E-state index contributed by atoms with van der Waals surface area (Å²) < 4.78 is 164. The molecule has 3 rings (SSSR count). The van der Waals surface area contributed by atoms with Crippen LogP contribution < -0.4 is 10.1 Å². The van der Waals surface area contributed by atoms with E-state index in [1.807, 2.05) is 0 Å². The first-order valence-corrected chi connectivity index (χ1v) is 10.4. The summed E-state index contributed by atoms with van der Waals surface area (Å²) >= 11 is 0. The van der Waals surface area contributed by atoms with Gasteiger partial charge in [0.15, 0.2) is 0 Å². The van der Waals surface area contributed by atoms with Gasteiger partial charge in [0.05, 0.1) is 35.1 Å². The maximum absolute atomic E-state index is 13.3. The van der Waals surface area contributed by atoms with Crippen LogP contribution in [0.4, 0.5) is 64.1 Å². The van der Waals surface area contributed by atoms with E-state index < -0.39 is 64.2 Å². The fraction of sp³-hybridized carbons (Fsp3) is 0.208. The highest BCUT2D eigenvalue weighted by molar-refractivity contribution is 6.09. The fourth-order valence-corrected chi connectivity index (χ4v) is 3.21. The molecule has 39 heavy (non-hydrogen) atoms. The van der Waals surface area contributed by atoms with Crippen molar-refractivity contribution in [2.75, 3.05) is 12.4 Å². The number of amidine groups is 1. The molecule has 0 spiro atoms. The summed E-state index contributed by atoms with van der Waals surface area (Å²) in [5.41, 5.74) is -8.78. The minimum Gasteiger partial charge on any atom is -0.497 e. The SMILES string of the molecule is COc1ccc(C(=Nc2cc(C(F)(F)F)cc(C(F)(F)F)c2)Nc2cc(C(F)(F)F)cc(C(F)(F)F)c2)cc1. The number of benzene rings is 3. The second-order valence-corrected chi connectivity index (χ2v) is 7.87. The highest BCUT2D eigenvalue weighted by atomic mass is 19.4. The monoisotopic (exact) mass is 574 g/mol. The fourth-order valence-electron chi connectivity index (χ4n) is 3.21. The van der Waals surface area contributed by atoms with E-state index in [1.54, 1.807) is 0 Å². The average Bonchev–Trinajstić information content (AvgIpc) is 2.81. The third kappa shape index (κ3) is 7.57. The Labute approximate surface area is 211 Å². The van der Waals surface area contributed by atoms with E-state index in [1.165, 1.54) is 31.4 Å². The van der Waals surface area contributed by atoms with E-state index in [-0.39, 0.29) is 47.7 Å². The van der Waals surface area contributed by atoms with Crippen LogP contribution in [-0.4, -0.2) is 12.9 Å². The average molecular weight is 574 g/mol. The molecule has 3 aromatic rings. The minimum atomic E-state index is -5.23. The summed E-state index contributed by atoms with van der Waals surface area (Å²) in [6, 6.07) is 5.63. The Hall–Kier alpha value is -3.91. The van der Waals surface area contributed by atoms with Crippen molar-refractivity contribution in [3.05, 3.63) is 88.5 Å². The van der Waals surface area contributed by atoms with Crippen molar-refractivity contribution in [2.24, 2.45) is 4.99 Å². The largest absolute Gasteiger partial charge is 0.497 e.